The maximum atomic E-state index is 11.1. The van der Waals surface area contributed by atoms with E-state index >= 15 is 0 Å². The fourth-order valence-corrected chi connectivity index (χ4v) is 5.09. The molecule has 3 aromatic heterocycles. The molecule has 0 saturated heterocycles. The van der Waals surface area contributed by atoms with Gasteiger partial charge in [0.1, 0.15) is 12.1 Å². The molecule has 48 heavy (non-hydrogen) atoms. The van der Waals surface area contributed by atoms with E-state index in [1.54, 1.807) is 6.20 Å². The number of carboxylic acid groups (broad SMARTS) is 2. The number of nitrogens with one attached hydrogen (secondary N) is 3. The maximum Gasteiger partial charge on any atom is 0.320 e. The van der Waals surface area contributed by atoms with Gasteiger partial charge in [-0.1, -0.05) is 42.0 Å². The average molecular weight is 643 g/mol. The van der Waals surface area contributed by atoms with Gasteiger partial charge in [-0.15, -0.1) is 19.3 Å². The van der Waals surface area contributed by atoms with Gasteiger partial charge in [-0.25, -0.2) is 0 Å². The summed E-state index contributed by atoms with van der Waals surface area (Å²) in [5, 5.41) is 31.1. The third-order valence-electron chi connectivity index (χ3n) is 7.46. The molecule has 0 spiro atoms. The standard InChI is InChI=1S/C13H11N3O4.C13H12N2O2.C10H7N/c1-2-7-3-4-10(16(19)20)11-8(6-15-12(7)11)5-9(14)13(17)18;1-2-8-4-3-5-10-9(7-15-12(8)10)6-11(14)13(16)17;1-2-8-4-3-5-9-6-7-11-10(8)9/h1,3-4,6,9,15H,5,14H2,(H,17,18);1,3-5,7,11,15H,6,14H2,(H,16,17);1,3-7,11H. The number of nitro benzene ring substituents is 1. The van der Waals surface area contributed by atoms with Crippen LogP contribution in [-0.2, 0) is 22.4 Å². The molecule has 0 bridgehead atoms. The molecule has 2 unspecified atom stereocenters. The number of terminal acetylenes is 3. The fraction of sp³-hybridized carbons (Fsp3) is 0.111. The molecule has 0 radical (unpaired) electrons. The summed E-state index contributed by atoms with van der Waals surface area (Å²) in [4.78, 5) is 41.1. The first-order chi connectivity index (χ1) is 23.0. The molecule has 0 aliphatic heterocycles. The Labute approximate surface area is 274 Å². The number of carbonyl (C=O) groups is 2. The summed E-state index contributed by atoms with van der Waals surface area (Å²) in [5.41, 5.74) is 16.7. The highest BCUT2D eigenvalue weighted by Crippen LogP contribution is 2.31. The molecular weight excluding hydrogens is 612 g/mol. The van der Waals surface area contributed by atoms with E-state index in [1.807, 2.05) is 48.7 Å². The lowest BCUT2D eigenvalue weighted by Gasteiger charge is -2.05. The number of aromatic amines is 3. The van der Waals surface area contributed by atoms with Gasteiger partial charge in [0.15, 0.2) is 0 Å². The molecule has 12 nitrogen and oxygen atoms in total. The zero-order valence-electron chi connectivity index (χ0n) is 25.4. The third kappa shape index (κ3) is 7.36. The van der Waals surface area contributed by atoms with Crippen LogP contribution in [0.2, 0.25) is 0 Å². The molecule has 9 N–H and O–H groups in total. The minimum atomic E-state index is -1.17. The van der Waals surface area contributed by atoms with Crippen LogP contribution in [-0.4, -0.2) is 54.1 Å². The zero-order chi connectivity index (χ0) is 35.0. The fourth-order valence-electron chi connectivity index (χ4n) is 5.09. The van der Waals surface area contributed by atoms with E-state index in [0.29, 0.717) is 22.0 Å². The summed E-state index contributed by atoms with van der Waals surface area (Å²) in [6, 6.07) is 14.3. The van der Waals surface area contributed by atoms with E-state index < -0.39 is 28.9 Å². The number of benzene rings is 3. The number of H-pyrrole nitrogens is 3. The number of aromatic nitrogens is 3. The van der Waals surface area contributed by atoms with Crippen LogP contribution in [0.3, 0.4) is 0 Å². The normalized spacial score (nSPS) is 11.6. The van der Waals surface area contributed by atoms with Crippen molar-refractivity contribution >= 4 is 50.3 Å². The van der Waals surface area contributed by atoms with Gasteiger partial charge in [-0.05, 0) is 35.4 Å². The van der Waals surface area contributed by atoms with Crippen molar-refractivity contribution in [3.05, 3.63) is 111 Å². The maximum absolute atomic E-state index is 11.1. The zero-order valence-corrected chi connectivity index (χ0v) is 25.4. The van der Waals surface area contributed by atoms with E-state index in [2.05, 4.69) is 32.7 Å². The van der Waals surface area contributed by atoms with Crippen molar-refractivity contribution in [2.45, 2.75) is 24.9 Å². The van der Waals surface area contributed by atoms with Crippen molar-refractivity contribution < 1.29 is 24.7 Å². The molecule has 6 rings (SSSR count). The molecule has 0 saturated carbocycles. The molecular formula is C36H30N6O6. The van der Waals surface area contributed by atoms with Crippen LogP contribution in [0.25, 0.3) is 32.7 Å². The Morgan fingerprint density at radius 1 is 0.750 bits per heavy atom. The van der Waals surface area contributed by atoms with Crippen molar-refractivity contribution in [1.82, 2.24) is 15.0 Å². The number of non-ortho nitro benzene ring substituents is 1. The van der Waals surface area contributed by atoms with Gasteiger partial charge in [0.05, 0.1) is 26.9 Å². The van der Waals surface area contributed by atoms with Crippen molar-refractivity contribution in [2.75, 3.05) is 0 Å². The first-order valence-electron chi connectivity index (χ1n) is 14.3. The van der Waals surface area contributed by atoms with Crippen LogP contribution >= 0.6 is 0 Å². The van der Waals surface area contributed by atoms with Gasteiger partial charge in [0.2, 0.25) is 0 Å². The largest absolute Gasteiger partial charge is 0.480 e. The Hall–Kier alpha value is -6.78. The van der Waals surface area contributed by atoms with Crippen molar-refractivity contribution in [3.63, 3.8) is 0 Å². The van der Waals surface area contributed by atoms with Gasteiger partial charge in [-0.2, -0.15) is 0 Å². The van der Waals surface area contributed by atoms with E-state index in [4.69, 9.17) is 41.0 Å². The minimum Gasteiger partial charge on any atom is -0.480 e. The van der Waals surface area contributed by atoms with Crippen LogP contribution in [0.4, 0.5) is 5.69 Å². The Morgan fingerprint density at radius 3 is 1.90 bits per heavy atom. The molecule has 0 aliphatic carbocycles. The number of nitrogens with two attached hydrogens (primary N) is 2. The molecule has 2 atom stereocenters. The van der Waals surface area contributed by atoms with E-state index in [-0.39, 0.29) is 18.5 Å². The van der Waals surface area contributed by atoms with Crippen LogP contribution in [0.15, 0.2) is 73.2 Å². The molecule has 0 amide bonds. The Morgan fingerprint density at radius 2 is 1.29 bits per heavy atom. The molecule has 0 fully saturated rings. The summed E-state index contributed by atoms with van der Waals surface area (Å²) in [7, 11) is 0. The van der Waals surface area contributed by atoms with Gasteiger partial charge in [0.25, 0.3) is 5.69 Å². The van der Waals surface area contributed by atoms with Crippen molar-refractivity contribution in [2.24, 2.45) is 11.5 Å². The van der Waals surface area contributed by atoms with Gasteiger partial charge in [0, 0.05) is 65.0 Å². The lowest BCUT2D eigenvalue weighted by Crippen LogP contribution is -2.32. The summed E-state index contributed by atoms with van der Waals surface area (Å²) in [6.45, 7) is 0. The number of nitrogens with zero attached hydrogens (tertiary/aromatic N) is 1. The highest BCUT2D eigenvalue weighted by atomic mass is 16.6. The average Bonchev–Trinajstić information content (AvgIpc) is 3.84. The molecule has 6 aromatic rings. The lowest BCUT2D eigenvalue weighted by atomic mass is 10.0. The number of fused-ring (bicyclic) bond motifs is 3. The lowest BCUT2D eigenvalue weighted by molar-refractivity contribution is -0.383. The molecule has 12 heteroatoms. The van der Waals surface area contributed by atoms with Crippen LogP contribution < -0.4 is 11.5 Å². The second-order valence-electron chi connectivity index (χ2n) is 10.5. The van der Waals surface area contributed by atoms with Crippen LogP contribution in [0, 0.1) is 47.1 Å². The Kier molecular flexibility index (Phi) is 10.7. The smallest absolute Gasteiger partial charge is 0.320 e. The SMILES string of the molecule is C#Cc1ccc([N+](=O)[O-])c2c(CC(N)C(=O)O)c[nH]c12.C#Cc1cccc2c(CC(N)C(=O)O)c[nH]c12.C#Cc1cccc2cc[nH]c12. The van der Waals surface area contributed by atoms with Crippen molar-refractivity contribution in [1.29, 1.82) is 0 Å². The number of nitro groups is 1. The molecule has 0 aliphatic rings. The van der Waals surface area contributed by atoms with Crippen LogP contribution in [0.5, 0.6) is 0 Å². The predicted molar refractivity (Wildman–Crippen MR) is 184 cm³/mol. The number of hydrogen-bond donors (Lipinski definition) is 7. The number of aliphatic carboxylic acids is 2. The third-order valence-corrected chi connectivity index (χ3v) is 7.46. The van der Waals surface area contributed by atoms with Crippen LogP contribution in [0.1, 0.15) is 27.8 Å². The summed E-state index contributed by atoms with van der Waals surface area (Å²) >= 11 is 0. The topological polar surface area (TPSA) is 217 Å². The number of carboxylic acids is 2. The highest BCUT2D eigenvalue weighted by molar-refractivity contribution is 5.96. The number of para-hydroxylation sites is 2. The van der Waals surface area contributed by atoms with Gasteiger partial charge >= 0.3 is 11.9 Å². The second kappa shape index (κ2) is 15.0. The molecule has 240 valence electrons. The predicted octanol–water partition coefficient (Wildman–Crippen LogP) is 4.26. The highest BCUT2D eigenvalue weighted by Gasteiger charge is 2.22. The van der Waals surface area contributed by atoms with E-state index in [0.717, 1.165) is 33.1 Å². The minimum absolute atomic E-state index is 0.0236. The summed E-state index contributed by atoms with van der Waals surface area (Å²) < 4.78 is 0. The second-order valence-corrected chi connectivity index (χ2v) is 10.5. The number of rotatable bonds is 7. The van der Waals surface area contributed by atoms with Gasteiger partial charge in [-0.3, -0.25) is 19.7 Å². The quantitative estimate of drug-likeness (QED) is 0.0756. The first-order valence-corrected chi connectivity index (χ1v) is 14.3. The summed E-state index contributed by atoms with van der Waals surface area (Å²) in [5.74, 6) is 5.45. The molecule has 3 aromatic carbocycles. The Balaban J connectivity index is 0.000000169. The van der Waals surface area contributed by atoms with E-state index in [9.17, 15) is 19.7 Å². The molecule has 3 heterocycles. The number of hydrogen-bond acceptors (Lipinski definition) is 6. The van der Waals surface area contributed by atoms with Gasteiger partial charge < -0.3 is 36.6 Å². The first kappa shape index (κ1) is 34.1. The summed E-state index contributed by atoms with van der Waals surface area (Å²) in [6.07, 6.45) is 21.4. The van der Waals surface area contributed by atoms with E-state index in [1.165, 1.54) is 23.7 Å². The monoisotopic (exact) mass is 642 g/mol. The Bertz CT molecular complexity index is 2270. The van der Waals surface area contributed by atoms with Crippen molar-refractivity contribution in [3.8, 4) is 37.0 Å².